The Kier molecular flexibility index (Phi) is 6.98. The molecule has 3 rings (SSSR count). The highest BCUT2D eigenvalue weighted by atomic mass is 32.2. The van der Waals surface area contributed by atoms with Crippen molar-refractivity contribution in [2.45, 2.75) is 57.9 Å². The molecule has 1 atom stereocenters. The number of hydrogen-bond acceptors (Lipinski definition) is 3. The average molecular weight is 429 g/mol. The number of sulfonamides is 1. The van der Waals surface area contributed by atoms with E-state index in [1.165, 1.54) is 9.87 Å². The van der Waals surface area contributed by atoms with Crippen LogP contribution in [0.3, 0.4) is 0 Å². The van der Waals surface area contributed by atoms with Gasteiger partial charge in [-0.3, -0.25) is 4.79 Å². The van der Waals surface area contributed by atoms with Gasteiger partial charge in [0.05, 0.1) is 10.9 Å². The molecular formula is C24H32N2O3S. The maximum absolute atomic E-state index is 13.0. The largest absolute Gasteiger partial charge is 0.349 e. The molecule has 5 nitrogen and oxygen atoms in total. The summed E-state index contributed by atoms with van der Waals surface area (Å²) in [5.41, 5.74) is 4.16. The van der Waals surface area contributed by atoms with Gasteiger partial charge in [-0.2, -0.15) is 4.31 Å². The number of benzene rings is 2. The molecule has 1 saturated heterocycles. The molecule has 162 valence electrons. The molecule has 0 saturated carbocycles. The first-order valence-corrected chi connectivity index (χ1v) is 12.1. The summed E-state index contributed by atoms with van der Waals surface area (Å²) in [4.78, 5) is 13.1. The van der Waals surface area contributed by atoms with Crippen molar-refractivity contribution in [3.8, 4) is 0 Å². The number of nitrogens with one attached hydrogen (secondary N) is 1. The van der Waals surface area contributed by atoms with Crippen molar-refractivity contribution in [2.24, 2.45) is 5.92 Å². The lowest BCUT2D eigenvalue weighted by molar-refractivity contribution is -0.126. The number of nitrogens with zero attached hydrogens (tertiary/aromatic N) is 1. The van der Waals surface area contributed by atoms with E-state index in [1.54, 1.807) is 6.07 Å². The van der Waals surface area contributed by atoms with E-state index in [-0.39, 0.29) is 17.9 Å². The third kappa shape index (κ3) is 4.93. The van der Waals surface area contributed by atoms with Gasteiger partial charge in [-0.25, -0.2) is 8.42 Å². The number of carbonyl (C=O) groups is 1. The van der Waals surface area contributed by atoms with Gasteiger partial charge in [0.15, 0.2) is 0 Å². The first-order chi connectivity index (χ1) is 14.2. The molecule has 2 aromatic carbocycles. The van der Waals surface area contributed by atoms with Crippen LogP contribution in [0.5, 0.6) is 0 Å². The molecule has 1 N–H and O–H groups in total. The van der Waals surface area contributed by atoms with Gasteiger partial charge in [0, 0.05) is 19.0 Å². The fraction of sp³-hybridized carbons (Fsp3) is 0.458. The Hall–Kier alpha value is -2.18. The van der Waals surface area contributed by atoms with Crippen LogP contribution in [-0.4, -0.2) is 31.7 Å². The highest BCUT2D eigenvalue weighted by Gasteiger charge is 2.33. The zero-order chi connectivity index (χ0) is 21.9. The van der Waals surface area contributed by atoms with Crippen LogP contribution in [0.4, 0.5) is 0 Å². The van der Waals surface area contributed by atoms with Gasteiger partial charge in [0.1, 0.15) is 0 Å². The van der Waals surface area contributed by atoms with Gasteiger partial charge in [-0.15, -0.1) is 0 Å². The molecular weight excluding hydrogens is 396 g/mol. The molecule has 30 heavy (non-hydrogen) atoms. The van der Waals surface area contributed by atoms with Crippen molar-refractivity contribution in [1.29, 1.82) is 0 Å². The molecule has 1 amide bonds. The lowest BCUT2D eigenvalue weighted by atomic mass is 9.96. The van der Waals surface area contributed by atoms with Crippen LogP contribution in [0.25, 0.3) is 0 Å². The van der Waals surface area contributed by atoms with E-state index in [4.69, 9.17) is 0 Å². The Morgan fingerprint density at radius 3 is 2.30 bits per heavy atom. The summed E-state index contributed by atoms with van der Waals surface area (Å²) in [7, 11) is -3.53. The van der Waals surface area contributed by atoms with Crippen LogP contribution >= 0.6 is 0 Å². The molecule has 0 bridgehead atoms. The van der Waals surface area contributed by atoms with Gasteiger partial charge >= 0.3 is 0 Å². The van der Waals surface area contributed by atoms with Crippen molar-refractivity contribution in [2.75, 3.05) is 13.1 Å². The summed E-state index contributed by atoms with van der Waals surface area (Å²) in [6.45, 7) is 8.62. The Bertz CT molecular complexity index is 992. The summed E-state index contributed by atoms with van der Waals surface area (Å²) < 4.78 is 27.6. The third-order valence-electron chi connectivity index (χ3n) is 6.02. The zero-order valence-corrected chi connectivity index (χ0v) is 19.1. The lowest BCUT2D eigenvalue weighted by Gasteiger charge is -2.31. The molecule has 1 fully saturated rings. The van der Waals surface area contributed by atoms with E-state index in [2.05, 4.69) is 36.5 Å². The van der Waals surface area contributed by atoms with E-state index in [1.807, 2.05) is 32.9 Å². The average Bonchev–Trinajstić information content (AvgIpc) is 2.73. The molecule has 1 aliphatic rings. The second-order valence-corrected chi connectivity index (χ2v) is 10.2. The van der Waals surface area contributed by atoms with Crippen LogP contribution < -0.4 is 5.32 Å². The fourth-order valence-corrected chi connectivity index (χ4v) is 5.72. The Morgan fingerprint density at radius 2 is 1.73 bits per heavy atom. The quantitative estimate of drug-likeness (QED) is 0.752. The fourth-order valence-electron chi connectivity index (χ4n) is 4.04. The van der Waals surface area contributed by atoms with E-state index in [9.17, 15) is 13.2 Å². The molecule has 0 spiro atoms. The summed E-state index contributed by atoms with van der Waals surface area (Å²) in [6, 6.07) is 13.6. The van der Waals surface area contributed by atoms with Crippen LogP contribution in [0.15, 0.2) is 47.4 Å². The predicted octanol–water partition coefficient (Wildman–Crippen LogP) is 4.14. The Labute approximate surface area is 180 Å². The van der Waals surface area contributed by atoms with Crippen LogP contribution in [0, 0.1) is 19.8 Å². The van der Waals surface area contributed by atoms with Crippen molar-refractivity contribution >= 4 is 15.9 Å². The molecule has 0 aliphatic carbocycles. The normalized spacial score (nSPS) is 16.9. The standard InChI is InChI=1S/C24H32N2O3S/c1-5-20-7-9-21(10-8-20)19(4)25-24(27)22-12-14-26(15-13-22)30(28,29)23-11-6-17(2)16-18(23)3/h6-11,16,19,22H,5,12-15H2,1-4H3,(H,25,27). The van der Waals surface area contributed by atoms with Crippen molar-refractivity contribution in [1.82, 2.24) is 9.62 Å². The van der Waals surface area contributed by atoms with Gasteiger partial charge in [-0.1, -0.05) is 48.9 Å². The second-order valence-electron chi connectivity index (χ2n) is 8.27. The van der Waals surface area contributed by atoms with Gasteiger partial charge in [-0.05, 0) is 62.8 Å². The zero-order valence-electron chi connectivity index (χ0n) is 18.3. The summed E-state index contributed by atoms with van der Waals surface area (Å²) >= 11 is 0. The highest BCUT2D eigenvalue weighted by Crippen LogP contribution is 2.27. The molecule has 2 aromatic rings. The molecule has 1 unspecified atom stereocenters. The number of carbonyl (C=O) groups excluding carboxylic acids is 1. The van der Waals surface area contributed by atoms with Crippen LogP contribution in [-0.2, 0) is 21.2 Å². The molecule has 1 heterocycles. The monoisotopic (exact) mass is 428 g/mol. The number of aryl methyl sites for hydroxylation is 3. The number of hydrogen-bond donors (Lipinski definition) is 1. The summed E-state index contributed by atoms with van der Waals surface area (Å²) in [5, 5.41) is 3.10. The number of piperidine rings is 1. The first kappa shape index (κ1) is 22.5. The Balaban J connectivity index is 1.59. The van der Waals surface area contributed by atoms with Gasteiger partial charge in [0.25, 0.3) is 0 Å². The summed E-state index contributed by atoms with van der Waals surface area (Å²) in [5.74, 6) is -0.154. The lowest BCUT2D eigenvalue weighted by Crippen LogP contribution is -2.43. The molecule has 0 radical (unpaired) electrons. The van der Waals surface area contributed by atoms with Crippen molar-refractivity contribution in [3.05, 3.63) is 64.7 Å². The molecule has 6 heteroatoms. The smallest absolute Gasteiger partial charge is 0.243 e. The SMILES string of the molecule is CCc1ccc(C(C)NC(=O)C2CCN(S(=O)(=O)c3ccc(C)cc3C)CC2)cc1. The highest BCUT2D eigenvalue weighted by molar-refractivity contribution is 7.89. The molecule has 0 aromatic heterocycles. The minimum Gasteiger partial charge on any atom is -0.349 e. The van der Waals surface area contributed by atoms with Gasteiger partial charge in [0.2, 0.25) is 15.9 Å². The van der Waals surface area contributed by atoms with Crippen LogP contribution in [0.1, 0.15) is 55.0 Å². The maximum Gasteiger partial charge on any atom is 0.243 e. The maximum atomic E-state index is 13.0. The van der Waals surface area contributed by atoms with E-state index < -0.39 is 10.0 Å². The number of rotatable bonds is 6. The van der Waals surface area contributed by atoms with E-state index in [0.717, 1.165) is 23.1 Å². The third-order valence-corrected chi connectivity index (χ3v) is 8.08. The van der Waals surface area contributed by atoms with Crippen LogP contribution in [0.2, 0.25) is 0 Å². The number of amides is 1. The minimum atomic E-state index is -3.53. The first-order valence-electron chi connectivity index (χ1n) is 10.7. The Morgan fingerprint density at radius 1 is 1.10 bits per heavy atom. The minimum absolute atomic E-state index is 0.00522. The van der Waals surface area contributed by atoms with E-state index in [0.29, 0.717) is 30.8 Å². The van der Waals surface area contributed by atoms with Crippen molar-refractivity contribution in [3.63, 3.8) is 0 Å². The molecule has 1 aliphatic heterocycles. The van der Waals surface area contributed by atoms with E-state index >= 15 is 0 Å². The van der Waals surface area contributed by atoms with Gasteiger partial charge < -0.3 is 5.32 Å². The van der Waals surface area contributed by atoms with Crippen molar-refractivity contribution < 1.29 is 13.2 Å². The topological polar surface area (TPSA) is 66.5 Å². The summed E-state index contributed by atoms with van der Waals surface area (Å²) in [6.07, 6.45) is 2.07. The second kappa shape index (κ2) is 9.31. The predicted molar refractivity (Wildman–Crippen MR) is 120 cm³/mol.